The van der Waals surface area contributed by atoms with Gasteiger partial charge in [-0.3, -0.25) is 10.1 Å². The summed E-state index contributed by atoms with van der Waals surface area (Å²) >= 11 is 0. The van der Waals surface area contributed by atoms with Crippen molar-refractivity contribution >= 4 is 17.9 Å². The maximum atomic E-state index is 11.6. The van der Waals surface area contributed by atoms with Gasteiger partial charge in [0.1, 0.15) is 0 Å². The number of hydrogen-bond donors (Lipinski definition) is 3. The standard InChI is InChI=1S/C13H20N2O4/c1-9-5-3-2-4-6-10(9)14-13(19)15-11(16)7-8-12(17)18/h7-10H,2-6H2,1H3,(H,17,18)(H2,14,15,16,19). The summed E-state index contributed by atoms with van der Waals surface area (Å²) in [5.41, 5.74) is 0. The van der Waals surface area contributed by atoms with Crippen molar-refractivity contribution in [2.45, 2.75) is 45.1 Å². The van der Waals surface area contributed by atoms with E-state index >= 15 is 0 Å². The van der Waals surface area contributed by atoms with Gasteiger partial charge in [0.15, 0.2) is 0 Å². The Balaban J connectivity index is 2.41. The Morgan fingerprint density at radius 2 is 1.79 bits per heavy atom. The second kappa shape index (κ2) is 7.56. The highest BCUT2D eigenvalue weighted by atomic mass is 16.4. The molecule has 0 spiro atoms. The van der Waals surface area contributed by atoms with E-state index in [0.29, 0.717) is 12.0 Å². The van der Waals surface area contributed by atoms with Gasteiger partial charge >= 0.3 is 12.0 Å². The zero-order valence-corrected chi connectivity index (χ0v) is 11.0. The van der Waals surface area contributed by atoms with Crippen LogP contribution in [0.5, 0.6) is 0 Å². The molecule has 0 saturated heterocycles. The lowest BCUT2D eigenvalue weighted by molar-refractivity contribution is -0.131. The summed E-state index contributed by atoms with van der Waals surface area (Å²) in [6.45, 7) is 2.09. The van der Waals surface area contributed by atoms with Gasteiger partial charge in [-0.15, -0.1) is 0 Å². The first-order chi connectivity index (χ1) is 8.99. The zero-order valence-electron chi connectivity index (χ0n) is 11.0. The van der Waals surface area contributed by atoms with Crippen molar-refractivity contribution in [2.75, 3.05) is 0 Å². The van der Waals surface area contributed by atoms with E-state index in [-0.39, 0.29) is 6.04 Å². The average Bonchev–Trinajstić information content (AvgIpc) is 2.52. The molecule has 0 aromatic heterocycles. The van der Waals surface area contributed by atoms with Gasteiger partial charge < -0.3 is 10.4 Å². The summed E-state index contributed by atoms with van der Waals surface area (Å²) in [7, 11) is 0. The molecule has 3 N–H and O–H groups in total. The molecule has 1 rings (SSSR count). The molecule has 2 atom stereocenters. The highest BCUT2D eigenvalue weighted by molar-refractivity contribution is 6.02. The molecular formula is C13H20N2O4. The van der Waals surface area contributed by atoms with Crippen LogP contribution in [0.4, 0.5) is 4.79 Å². The summed E-state index contributed by atoms with van der Waals surface area (Å²) in [5, 5.41) is 13.2. The second-order valence-corrected chi connectivity index (χ2v) is 4.86. The fraction of sp³-hybridized carbons (Fsp3) is 0.615. The number of carbonyl (C=O) groups excluding carboxylic acids is 2. The minimum Gasteiger partial charge on any atom is -0.478 e. The maximum Gasteiger partial charge on any atom is 0.328 e. The first-order valence-electron chi connectivity index (χ1n) is 6.51. The monoisotopic (exact) mass is 268 g/mol. The fourth-order valence-corrected chi connectivity index (χ4v) is 2.21. The number of carbonyl (C=O) groups is 3. The molecule has 6 nitrogen and oxygen atoms in total. The Bertz CT molecular complexity index is 379. The van der Waals surface area contributed by atoms with Crippen LogP contribution >= 0.6 is 0 Å². The smallest absolute Gasteiger partial charge is 0.328 e. The third kappa shape index (κ3) is 6.03. The van der Waals surface area contributed by atoms with Gasteiger partial charge in [0.2, 0.25) is 0 Å². The number of rotatable bonds is 3. The number of imide groups is 1. The van der Waals surface area contributed by atoms with Crippen molar-refractivity contribution in [3.05, 3.63) is 12.2 Å². The van der Waals surface area contributed by atoms with Crippen LogP contribution < -0.4 is 10.6 Å². The van der Waals surface area contributed by atoms with Crippen molar-refractivity contribution in [3.63, 3.8) is 0 Å². The molecule has 106 valence electrons. The number of amides is 3. The molecule has 0 heterocycles. The van der Waals surface area contributed by atoms with Crippen molar-refractivity contribution in [1.29, 1.82) is 0 Å². The summed E-state index contributed by atoms with van der Waals surface area (Å²) in [6, 6.07) is -0.502. The van der Waals surface area contributed by atoms with Crippen LogP contribution in [0.25, 0.3) is 0 Å². The van der Waals surface area contributed by atoms with E-state index in [0.717, 1.165) is 25.3 Å². The SMILES string of the molecule is CC1CCCCCC1NC(=O)NC(=O)C=CC(=O)O. The molecule has 0 radical (unpaired) electrons. The lowest BCUT2D eigenvalue weighted by atomic mass is 9.97. The molecule has 0 bridgehead atoms. The lowest BCUT2D eigenvalue weighted by Gasteiger charge is -2.22. The van der Waals surface area contributed by atoms with Gasteiger partial charge in [0, 0.05) is 18.2 Å². The van der Waals surface area contributed by atoms with E-state index in [9.17, 15) is 14.4 Å². The van der Waals surface area contributed by atoms with Crippen LogP contribution in [0.15, 0.2) is 12.2 Å². The molecule has 0 aromatic rings. The van der Waals surface area contributed by atoms with E-state index in [1.54, 1.807) is 0 Å². The summed E-state index contributed by atoms with van der Waals surface area (Å²) in [5.74, 6) is -1.58. The summed E-state index contributed by atoms with van der Waals surface area (Å²) < 4.78 is 0. The van der Waals surface area contributed by atoms with Crippen LogP contribution in [0.1, 0.15) is 39.0 Å². The Morgan fingerprint density at radius 1 is 1.11 bits per heavy atom. The normalized spacial score (nSPS) is 23.6. The fourth-order valence-electron chi connectivity index (χ4n) is 2.21. The minimum atomic E-state index is -1.23. The molecule has 1 aliphatic carbocycles. The first-order valence-corrected chi connectivity index (χ1v) is 6.51. The number of carboxylic acid groups (broad SMARTS) is 1. The molecule has 1 fully saturated rings. The van der Waals surface area contributed by atoms with E-state index in [2.05, 4.69) is 17.6 Å². The topological polar surface area (TPSA) is 95.5 Å². The number of nitrogens with one attached hydrogen (secondary N) is 2. The molecule has 2 unspecified atom stereocenters. The van der Waals surface area contributed by atoms with E-state index in [4.69, 9.17) is 5.11 Å². The molecule has 19 heavy (non-hydrogen) atoms. The van der Waals surface area contributed by atoms with Crippen molar-refractivity contribution in [1.82, 2.24) is 10.6 Å². The van der Waals surface area contributed by atoms with Gasteiger partial charge in [-0.25, -0.2) is 9.59 Å². The predicted octanol–water partition coefficient (Wildman–Crippen LogP) is 1.42. The Kier molecular flexibility index (Phi) is 6.05. The average molecular weight is 268 g/mol. The molecule has 6 heteroatoms. The summed E-state index contributed by atoms with van der Waals surface area (Å²) in [4.78, 5) is 33.0. The largest absolute Gasteiger partial charge is 0.478 e. The number of aliphatic carboxylic acids is 1. The highest BCUT2D eigenvalue weighted by Crippen LogP contribution is 2.22. The van der Waals surface area contributed by atoms with Crippen LogP contribution in [0, 0.1) is 5.92 Å². The Labute approximate surface area is 112 Å². The number of hydrogen-bond acceptors (Lipinski definition) is 3. The van der Waals surface area contributed by atoms with E-state index < -0.39 is 17.9 Å². The summed E-state index contributed by atoms with van der Waals surface area (Å²) in [6.07, 6.45) is 6.90. The van der Waals surface area contributed by atoms with Gasteiger partial charge in [0.05, 0.1) is 0 Å². The molecular weight excluding hydrogens is 248 g/mol. The van der Waals surface area contributed by atoms with Crippen LogP contribution in [0.2, 0.25) is 0 Å². The van der Waals surface area contributed by atoms with E-state index in [1.165, 1.54) is 12.8 Å². The molecule has 0 aromatic carbocycles. The third-order valence-electron chi connectivity index (χ3n) is 3.29. The minimum absolute atomic E-state index is 0.0683. The molecule has 1 aliphatic rings. The molecule has 1 saturated carbocycles. The predicted molar refractivity (Wildman–Crippen MR) is 69.5 cm³/mol. The lowest BCUT2D eigenvalue weighted by Crippen LogP contribution is -2.46. The third-order valence-corrected chi connectivity index (χ3v) is 3.29. The molecule has 3 amide bonds. The van der Waals surface area contributed by atoms with Crippen LogP contribution in [0.3, 0.4) is 0 Å². The van der Waals surface area contributed by atoms with Gasteiger partial charge in [-0.05, 0) is 18.8 Å². The van der Waals surface area contributed by atoms with Crippen molar-refractivity contribution < 1.29 is 19.5 Å². The molecule has 0 aliphatic heterocycles. The Morgan fingerprint density at radius 3 is 2.47 bits per heavy atom. The second-order valence-electron chi connectivity index (χ2n) is 4.86. The quantitative estimate of drug-likeness (QED) is 0.533. The number of urea groups is 1. The van der Waals surface area contributed by atoms with Gasteiger partial charge in [-0.1, -0.05) is 26.2 Å². The van der Waals surface area contributed by atoms with Crippen molar-refractivity contribution in [3.8, 4) is 0 Å². The van der Waals surface area contributed by atoms with Gasteiger partial charge in [-0.2, -0.15) is 0 Å². The van der Waals surface area contributed by atoms with Crippen molar-refractivity contribution in [2.24, 2.45) is 5.92 Å². The first kappa shape index (κ1) is 15.2. The van der Waals surface area contributed by atoms with E-state index in [1.807, 2.05) is 0 Å². The number of carboxylic acids is 1. The van der Waals surface area contributed by atoms with Gasteiger partial charge in [0.25, 0.3) is 5.91 Å². The maximum absolute atomic E-state index is 11.6. The van der Waals surface area contributed by atoms with Crippen LogP contribution in [-0.4, -0.2) is 29.1 Å². The highest BCUT2D eigenvalue weighted by Gasteiger charge is 2.21. The zero-order chi connectivity index (χ0) is 14.3. The Hall–Kier alpha value is -1.85. The van der Waals surface area contributed by atoms with Crippen LogP contribution in [-0.2, 0) is 9.59 Å².